The van der Waals surface area contributed by atoms with E-state index in [4.69, 9.17) is 10.5 Å². The van der Waals surface area contributed by atoms with Gasteiger partial charge in [0.1, 0.15) is 0 Å². The Labute approximate surface area is 90.4 Å². The first-order valence-electron chi connectivity index (χ1n) is 5.28. The monoisotopic (exact) mass is 216 g/mol. The molecule has 0 aliphatic heterocycles. The third-order valence-electron chi connectivity index (χ3n) is 1.93. The summed E-state index contributed by atoms with van der Waals surface area (Å²) in [4.78, 5) is 22.1. The van der Waals surface area contributed by atoms with Crippen LogP contribution in [0, 0.1) is 0 Å². The number of amides is 1. The molecule has 0 spiro atoms. The second-order valence-electron chi connectivity index (χ2n) is 3.28. The predicted octanol–water partition coefficient (Wildman–Crippen LogP) is 0.183. The van der Waals surface area contributed by atoms with Gasteiger partial charge in [0.05, 0.1) is 13.0 Å². The largest absolute Gasteiger partial charge is 0.466 e. The number of ether oxygens (including phenoxy) is 1. The van der Waals surface area contributed by atoms with Crippen LogP contribution >= 0.6 is 0 Å². The lowest BCUT2D eigenvalue weighted by Crippen LogP contribution is -2.32. The Kier molecular flexibility index (Phi) is 7.62. The highest BCUT2D eigenvalue weighted by atomic mass is 16.5. The molecule has 1 amide bonds. The van der Waals surface area contributed by atoms with Crippen molar-refractivity contribution in [2.45, 2.75) is 39.2 Å². The summed E-state index contributed by atoms with van der Waals surface area (Å²) in [7, 11) is 0. The zero-order valence-electron chi connectivity index (χ0n) is 9.41. The zero-order chi connectivity index (χ0) is 11.7. The summed E-state index contributed by atoms with van der Waals surface area (Å²) in [6.07, 6.45) is 1.28. The molecule has 0 heterocycles. The highest BCUT2D eigenvalue weighted by Gasteiger charge is 2.08. The SMILES string of the molecule is CCOC(=O)CCNC(=O)CC(N)CC. The molecule has 88 valence electrons. The van der Waals surface area contributed by atoms with E-state index in [-0.39, 0.29) is 24.3 Å². The minimum atomic E-state index is -0.294. The van der Waals surface area contributed by atoms with Crippen molar-refractivity contribution in [2.75, 3.05) is 13.2 Å². The number of nitrogens with one attached hydrogen (secondary N) is 1. The van der Waals surface area contributed by atoms with Crippen LogP contribution in [0.1, 0.15) is 33.1 Å². The van der Waals surface area contributed by atoms with Gasteiger partial charge < -0.3 is 15.8 Å². The van der Waals surface area contributed by atoms with Crippen molar-refractivity contribution in [3.8, 4) is 0 Å². The van der Waals surface area contributed by atoms with Gasteiger partial charge in [-0.05, 0) is 13.3 Å². The first-order chi connectivity index (χ1) is 7.10. The molecule has 0 rings (SSSR count). The van der Waals surface area contributed by atoms with E-state index < -0.39 is 0 Å². The van der Waals surface area contributed by atoms with Crippen LogP contribution in [0.3, 0.4) is 0 Å². The van der Waals surface area contributed by atoms with Gasteiger partial charge in [0.25, 0.3) is 0 Å². The molecule has 5 heteroatoms. The molecule has 0 aliphatic rings. The lowest BCUT2D eigenvalue weighted by Gasteiger charge is -2.08. The Bertz CT molecular complexity index is 207. The molecule has 5 nitrogen and oxygen atoms in total. The number of hydrogen-bond acceptors (Lipinski definition) is 4. The minimum Gasteiger partial charge on any atom is -0.466 e. The van der Waals surface area contributed by atoms with Crippen molar-refractivity contribution in [2.24, 2.45) is 5.73 Å². The molecule has 3 N–H and O–H groups in total. The van der Waals surface area contributed by atoms with Gasteiger partial charge in [0, 0.05) is 19.0 Å². The second-order valence-corrected chi connectivity index (χ2v) is 3.28. The molecule has 15 heavy (non-hydrogen) atoms. The first-order valence-corrected chi connectivity index (χ1v) is 5.28. The van der Waals surface area contributed by atoms with Gasteiger partial charge in [0.2, 0.25) is 5.91 Å². The predicted molar refractivity (Wildman–Crippen MR) is 57.1 cm³/mol. The van der Waals surface area contributed by atoms with Crippen molar-refractivity contribution in [1.82, 2.24) is 5.32 Å². The van der Waals surface area contributed by atoms with Gasteiger partial charge in [0.15, 0.2) is 0 Å². The van der Waals surface area contributed by atoms with Crippen molar-refractivity contribution in [1.29, 1.82) is 0 Å². The second kappa shape index (κ2) is 8.23. The summed E-state index contributed by atoms with van der Waals surface area (Å²) in [5, 5.41) is 2.62. The fourth-order valence-corrected chi connectivity index (χ4v) is 0.992. The number of rotatable bonds is 7. The van der Waals surface area contributed by atoms with Crippen LogP contribution in [-0.2, 0) is 14.3 Å². The molecule has 0 aromatic heterocycles. The Morgan fingerprint density at radius 1 is 1.40 bits per heavy atom. The number of carbonyl (C=O) groups excluding carboxylic acids is 2. The Morgan fingerprint density at radius 2 is 2.07 bits per heavy atom. The molecule has 0 bridgehead atoms. The topological polar surface area (TPSA) is 81.4 Å². The number of nitrogens with two attached hydrogens (primary N) is 1. The highest BCUT2D eigenvalue weighted by molar-refractivity contribution is 5.77. The van der Waals surface area contributed by atoms with Gasteiger partial charge >= 0.3 is 5.97 Å². The average Bonchev–Trinajstić information content (AvgIpc) is 2.18. The van der Waals surface area contributed by atoms with Crippen molar-refractivity contribution >= 4 is 11.9 Å². The third-order valence-corrected chi connectivity index (χ3v) is 1.93. The van der Waals surface area contributed by atoms with Crippen molar-refractivity contribution in [3.05, 3.63) is 0 Å². The summed E-state index contributed by atoms with van der Waals surface area (Å²) >= 11 is 0. The first kappa shape index (κ1) is 13.9. The Hall–Kier alpha value is -1.10. The molecule has 1 atom stereocenters. The highest BCUT2D eigenvalue weighted by Crippen LogP contribution is 1.93. The van der Waals surface area contributed by atoms with Crippen LogP contribution in [0.25, 0.3) is 0 Å². The molecule has 0 aromatic carbocycles. The summed E-state index contributed by atoms with van der Waals surface area (Å²) in [6.45, 7) is 4.36. The Balaban J connectivity index is 3.50. The van der Waals surface area contributed by atoms with Gasteiger partial charge in [-0.3, -0.25) is 9.59 Å². The maximum absolute atomic E-state index is 11.2. The van der Waals surface area contributed by atoms with Gasteiger partial charge in [-0.25, -0.2) is 0 Å². The van der Waals surface area contributed by atoms with E-state index in [1.807, 2.05) is 6.92 Å². The quantitative estimate of drug-likeness (QED) is 0.595. The van der Waals surface area contributed by atoms with Crippen molar-refractivity contribution < 1.29 is 14.3 Å². The van der Waals surface area contributed by atoms with Crippen LogP contribution in [0.2, 0.25) is 0 Å². The summed E-state index contributed by atoms with van der Waals surface area (Å²) in [5.41, 5.74) is 5.60. The van der Waals surface area contributed by atoms with E-state index in [2.05, 4.69) is 5.32 Å². The molecular weight excluding hydrogens is 196 g/mol. The molecule has 0 saturated carbocycles. The zero-order valence-corrected chi connectivity index (χ0v) is 9.41. The maximum Gasteiger partial charge on any atom is 0.307 e. The average molecular weight is 216 g/mol. The normalized spacial score (nSPS) is 11.9. The van der Waals surface area contributed by atoms with Gasteiger partial charge in [-0.15, -0.1) is 0 Å². The van der Waals surface area contributed by atoms with E-state index in [1.54, 1.807) is 6.92 Å². The molecular formula is C10H20N2O3. The van der Waals surface area contributed by atoms with Gasteiger partial charge in [-0.2, -0.15) is 0 Å². The molecule has 0 aromatic rings. The third kappa shape index (κ3) is 7.93. The number of esters is 1. The fraction of sp³-hybridized carbons (Fsp3) is 0.800. The summed E-state index contributed by atoms with van der Waals surface area (Å²) in [5.74, 6) is -0.411. The fourth-order valence-electron chi connectivity index (χ4n) is 0.992. The minimum absolute atomic E-state index is 0.104. The van der Waals surface area contributed by atoms with E-state index in [1.165, 1.54) is 0 Å². The maximum atomic E-state index is 11.2. The molecule has 0 fully saturated rings. The summed E-state index contributed by atoms with van der Waals surface area (Å²) < 4.78 is 4.71. The molecule has 1 unspecified atom stereocenters. The van der Waals surface area contributed by atoms with E-state index in [9.17, 15) is 9.59 Å². The lowest BCUT2D eigenvalue weighted by molar-refractivity contribution is -0.143. The van der Waals surface area contributed by atoms with Crippen LogP contribution in [0.4, 0.5) is 0 Å². The number of hydrogen-bond donors (Lipinski definition) is 2. The molecule has 0 saturated heterocycles. The van der Waals surface area contributed by atoms with E-state index in [0.717, 1.165) is 6.42 Å². The van der Waals surface area contributed by atoms with Gasteiger partial charge in [-0.1, -0.05) is 6.92 Å². The van der Waals surface area contributed by atoms with Crippen LogP contribution in [0.15, 0.2) is 0 Å². The molecule has 0 radical (unpaired) electrons. The number of carbonyl (C=O) groups is 2. The summed E-state index contributed by atoms with van der Waals surface area (Å²) in [6, 6.07) is -0.104. The van der Waals surface area contributed by atoms with Crippen molar-refractivity contribution in [3.63, 3.8) is 0 Å². The molecule has 0 aliphatic carbocycles. The van der Waals surface area contributed by atoms with E-state index in [0.29, 0.717) is 19.6 Å². The standard InChI is InChI=1S/C10H20N2O3/c1-3-8(11)7-9(13)12-6-5-10(14)15-4-2/h8H,3-7,11H2,1-2H3,(H,12,13). The van der Waals surface area contributed by atoms with Crippen LogP contribution in [0.5, 0.6) is 0 Å². The lowest BCUT2D eigenvalue weighted by atomic mass is 10.1. The van der Waals surface area contributed by atoms with Crippen LogP contribution in [-0.4, -0.2) is 31.1 Å². The Morgan fingerprint density at radius 3 is 2.60 bits per heavy atom. The van der Waals surface area contributed by atoms with E-state index >= 15 is 0 Å². The smallest absolute Gasteiger partial charge is 0.307 e. The van der Waals surface area contributed by atoms with Crippen LogP contribution < -0.4 is 11.1 Å².